The van der Waals surface area contributed by atoms with Crippen LogP contribution in [-0.4, -0.2) is 24.2 Å². The zero-order valence-corrected chi connectivity index (χ0v) is 11.4. The number of ether oxygens (including phenoxy) is 2. The van der Waals surface area contributed by atoms with Gasteiger partial charge in [0.25, 0.3) is 0 Å². The van der Waals surface area contributed by atoms with Gasteiger partial charge in [-0.15, -0.1) is 11.6 Å². The Bertz CT molecular complexity index is 524. The van der Waals surface area contributed by atoms with E-state index >= 15 is 0 Å². The van der Waals surface area contributed by atoms with Crippen molar-refractivity contribution in [3.05, 3.63) is 35.9 Å². The van der Waals surface area contributed by atoms with Gasteiger partial charge >= 0.3 is 0 Å². The first kappa shape index (κ1) is 13.4. The molecule has 1 aromatic heterocycles. The van der Waals surface area contributed by atoms with Crippen molar-refractivity contribution in [2.24, 2.45) is 0 Å². The van der Waals surface area contributed by atoms with Gasteiger partial charge in [0.1, 0.15) is 0 Å². The Morgan fingerprint density at radius 2 is 1.63 bits per heavy atom. The summed E-state index contributed by atoms with van der Waals surface area (Å²) in [5.74, 6) is 1.78. The number of nitrogens with zero attached hydrogens (tertiary/aromatic N) is 2. The average molecular weight is 280 g/mol. The van der Waals surface area contributed by atoms with Crippen molar-refractivity contribution >= 4 is 23.2 Å². The van der Waals surface area contributed by atoms with Crippen molar-refractivity contribution in [3.63, 3.8) is 0 Å². The molecule has 0 saturated carbocycles. The van der Waals surface area contributed by atoms with E-state index in [4.69, 9.17) is 21.1 Å². The van der Waals surface area contributed by atoms with Crippen LogP contribution >= 0.6 is 11.6 Å². The Kier molecular flexibility index (Phi) is 4.41. The van der Waals surface area contributed by atoms with E-state index in [1.165, 1.54) is 0 Å². The van der Waals surface area contributed by atoms with Gasteiger partial charge < -0.3 is 14.8 Å². The molecule has 0 spiro atoms. The molecular weight excluding hydrogens is 266 g/mol. The average Bonchev–Trinajstić information content (AvgIpc) is 2.47. The first-order valence-corrected chi connectivity index (χ1v) is 6.17. The quantitative estimate of drug-likeness (QED) is 0.853. The van der Waals surface area contributed by atoms with Crippen molar-refractivity contribution in [3.8, 4) is 11.8 Å². The van der Waals surface area contributed by atoms with Gasteiger partial charge in [0.2, 0.25) is 17.7 Å². The summed E-state index contributed by atoms with van der Waals surface area (Å²) in [7, 11) is 3.08. The predicted octanol–water partition coefficient (Wildman–Crippen LogP) is 2.98. The van der Waals surface area contributed by atoms with E-state index in [0.717, 1.165) is 11.3 Å². The maximum Gasteiger partial charge on any atom is 0.233 e. The molecule has 0 fully saturated rings. The summed E-state index contributed by atoms with van der Waals surface area (Å²) >= 11 is 5.74. The third kappa shape index (κ3) is 3.48. The van der Waals surface area contributed by atoms with E-state index in [0.29, 0.717) is 23.6 Å². The summed E-state index contributed by atoms with van der Waals surface area (Å²) < 4.78 is 10.2. The van der Waals surface area contributed by atoms with E-state index in [-0.39, 0.29) is 0 Å². The molecular formula is C13H14ClN3O2. The number of hydrogen-bond acceptors (Lipinski definition) is 5. The van der Waals surface area contributed by atoms with E-state index in [1.807, 2.05) is 24.3 Å². The van der Waals surface area contributed by atoms with Crippen LogP contribution in [0, 0.1) is 0 Å². The van der Waals surface area contributed by atoms with E-state index in [9.17, 15) is 0 Å². The zero-order valence-electron chi connectivity index (χ0n) is 10.7. The number of benzene rings is 1. The highest BCUT2D eigenvalue weighted by molar-refractivity contribution is 6.17. The Hall–Kier alpha value is -2.01. The molecule has 100 valence electrons. The number of aromatic nitrogens is 2. The highest BCUT2D eigenvalue weighted by Crippen LogP contribution is 2.20. The number of nitrogens with one attached hydrogen (secondary N) is 1. The molecule has 6 heteroatoms. The number of anilines is 2. The maximum absolute atomic E-state index is 5.74. The molecule has 1 aromatic carbocycles. The monoisotopic (exact) mass is 279 g/mol. The molecule has 1 N–H and O–H groups in total. The van der Waals surface area contributed by atoms with Crippen LogP contribution in [0.1, 0.15) is 5.56 Å². The molecule has 0 saturated heterocycles. The highest BCUT2D eigenvalue weighted by Gasteiger charge is 2.05. The summed E-state index contributed by atoms with van der Waals surface area (Å²) in [6.45, 7) is 0. The Balaban J connectivity index is 2.21. The van der Waals surface area contributed by atoms with Gasteiger partial charge in [-0.3, -0.25) is 0 Å². The Morgan fingerprint density at radius 1 is 1.05 bits per heavy atom. The van der Waals surface area contributed by atoms with Crippen molar-refractivity contribution in [1.82, 2.24) is 9.97 Å². The molecule has 0 unspecified atom stereocenters. The Labute approximate surface area is 116 Å². The summed E-state index contributed by atoms with van der Waals surface area (Å²) in [5, 5.41) is 3.08. The smallest absolute Gasteiger partial charge is 0.233 e. The fourth-order valence-corrected chi connectivity index (χ4v) is 1.65. The van der Waals surface area contributed by atoms with Crippen LogP contribution in [0.3, 0.4) is 0 Å². The van der Waals surface area contributed by atoms with Gasteiger partial charge in [-0.25, -0.2) is 0 Å². The molecule has 2 aromatic rings. The molecule has 0 aliphatic heterocycles. The van der Waals surface area contributed by atoms with E-state index in [2.05, 4.69) is 15.3 Å². The summed E-state index contributed by atoms with van der Waals surface area (Å²) in [5.41, 5.74) is 1.92. The molecule has 0 aliphatic rings. The predicted molar refractivity (Wildman–Crippen MR) is 74.4 cm³/mol. The van der Waals surface area contributed by atoms with Crippen molar-refractivity contribution < 1.29 is 9.47 Å². The minimum absolute atomic E-state index is 0.412. The second-order valence-corrected chi connectivity index (χ2v) is 4.00. The molecule has 5 nitrogen and oxygen atoms in total. The number of alkyl halides is 1. The highest BCUT2D eigenvalue weighted by atomic mass is 35.5. The third-order valence-corrected chi connectivity index (χ3v) is 2.77. The fourth-order valence-electron chi connectivity index (χ4n) is 1.48. The van der Waals surface area contributed by atoms with Crippen molar-refractivity contribution in [2.45, 2.75) is 5.88 Å². The Morgan fingerprint density at radius 3 is 2.11 bits per heavy atom. The number of methoxy groups -OCH3 is 2. The largest absolute Gasteiger partial charge is 0.481 e. The topological polar surface area (TPSA) is 56.3 Å². The van der Waals surface area contributed by atoms with E-state index in [1.54, 1.807) is 20.3 Å². The van der Waals surface area contributed by atoms with Crippen LogP contribution < -0.4 is 14.8 Å². The minimum atomic E-state index is 0.412. The van der Waals surface area contributed by atoms with Crippen LogP contribution in [0.2, 0.25) is 0 Å². The van der Waals surface area contributed by atoms with Crippen molar-refractivity contribution in [1.29, 1.82) is 0 Å². The number of rotatable bonds is 5. The van der Waals surface area contributed by atoms with E-state index < -0.39 is 0 Å². The van der Waals surface area contributed by atoms with Gasteiger partial charge in [-0.1, -0.05) is 12.1 Å². The lowest BCUT2D eigenvalue weighted by atomic mass is 10.2. The molecule has 0 bridgehead atoms. The standard InChI is InChI=1S/C13H14ClN3O2/c1-18-11-7-12(19-2)17-13(16-11)15-10-5-3-9(8-14)4-6-10/h3-7H,8H2,1-2H3,(H,15,16,17). The summed E-state index contributed by atoms with van der Waals surface area (Å²) in [6, 6.07) is 9.31. The molecule has 19 heavy (non-hydrogen) atoms. The maximum atomic E-state index is 5.74. The van der Waals surface area contributed by atoms with Gasteiger partial charge in [0, 0.05) is 11.6 Å². The first-order chi connectivity index (χ1) is 9.25. The lowest BCUT2D eigenvalue weighted by Crippen LogP contribution is -2.01. The fraction of sp³-hybridized carbons (Fsp3) is 0.231. The SMILES string of the molecule is COc1cc(OC)nc(Nc2ccc(CCl)cc2)n1. The first-order valence-electron chi connectivity index (χ1n) is 5.64. The second kappa shape index (κ2) is 6.24. The summed E-state index contributed by atoms with van der Waals surface area (Å²) in [4.78, 5) is 8.37. The lowest BCUT2D eigenvalue weighted by Gasteiger charge is -2.08. The zero-order chi connectivity index (χ0) is 13.7. The molecule has 0 amide bonds. The van der Waals surface area contributed by atoms with Crippen molar-refractivity contribution in [2.75, 3.05) is 19.5 Å². The summed E-state index contributed by atoms with van der Waals surface area (Å²) in [6.07, 6.45) is 0. The van der Waals surface area contributed by atoms with Gasteiger partial charge in [0.05, 0.1) is 20.3 Å². The van der Waals surface area contributed by atoms with Gasteiger partial charge in [-0.05, 0) is 17.7 Å². The normalized spacial score (nSPS) is 10.1. The molecule has 0 radical (unpaired) electrons. The second-order valence-electron chi connectivity index (χ2n) is 3.73. The van der Waals surface area contributed by atoms with Gasteiger partial charge in [-0.2, -0.15) is 9.97 Å². The van der Waals surface area contributed by atoms with Crippen LogP contribution in [0.5, 0.6) is 11.8 Å². The lowest BCUT2D eigenvalue weighted by molar-refractivity contribution is 0.373. The number of halogens is 1. The molecule has 0 atom stereocenters. The molecule has 2 rings (SSSR count). The van der Waals surface area contributed by atoms with Crippen LogP contribution in [0.25, 0.3) is 0 Å². The van der Waals surface area contributed by atoms with Crippen LogP contribution in [0.15, 0.2) is 30.3 Å². The molecule has 1 heterocycles. The third-order valence-electron chi connectivity index (χ3n) is 2.46. The van der Waals surface area contributed by atoms with Crippen LogP contribution in [-0.2, 0) is 5.88 Å². The minimum Gasteiger partial charge on any atom is -0.481 e. The molecule has 0 aliphatic carbocycles. The van der Waals surface area contributed by atoms with Gasteiger partial charge in [0.15, 0.2) is 0 Å². The number of hydrogen-bond donors (Lipinski definition) is 1. The van der Waals surface area contributed by atoms with Crippen LogP contribution in [0.4, 0.5) is 11.6 Å².